The standard InChI is InChI=1S/C18H15F2NO4/c1-12(22)21-14-3-2-4-16(11-14)24-17(23)10-7-13-5-8-15(9-6-13)25-18(19)20/h2-11,18H,1H3,(H,21,22)/b10-7+. The Bertz CT molecular complexity index is 773. The topological polar surface area (TPSA) is 64.6 Å². The van der Waals surface area contributed by atoms with Crippen LogP contribution in [-0.2, 0) is 9.59 Å². The molecule has 0 aromatic heterocycles. The second kappa shape index (κ2) is 8.58. The number of alkyl halides is 2. The van der Waals surface area contributed by atoms with Gasteiger partial charge in [-0.1, -0.05) is 18.2 Å². The molecule has 0 aliphatic heterocycles. The maximum absolute atomic E-state index is 12.1. The molecule has 25 heavy (non-hydrogen) atoms. The molecule has 1 amide bonds. The highest BCUT2D eigenvalue weighted by atomic mass is 19.3. The molecule has 0 saturated heterocycles. The van der Waals surface area contributed by atoms with E-state index in [0.717, 1.165) is 0 Å². The number of anilines is 1. The zero-order valence-corrected chi connectivity index (χ0v) is 13.2. The number of benzene rings is 2. The van der Waals surface area contributed by atoms with Crippen LogP contribution in [0.25, 0.3) is 6.08 Å². The van der Waals surface area contributed by atoms with Crippen LogP contribution in [0.5, 0.6) is 11.5 Å². The Labute approximate surface area is 142 Å². The molecule has 0 fully saturated rings. The third-order valence-electron chi connectivity index (χ3n) is 2.89. The Balaban J connectivity index is 1.95. The van der Waals surface area contributed by atoms with Crippen molar-refractivity contribution < 1.29 is 27.8 Å². The molecule has 2 aromatic rings. The molecule has 0 aliphatic carbocycles. The normalized spacial score (nSPS) is 10.7. The minimum Gasteiger partial charge on any atom is -0.435 e. The maximum Gasteiger partial charge on any atom is 0.387 e. The van der Waals surface area contributed by atoms with Gasteiger partial charge in [-0.25, -0.2) is 4.79 Å². The summed E-state index contributed by atoms with van der Waals surface area (Å²) in [7, 11) is 0. The highest BCUT2D eigenvalue weighted by Crippen LogP contribution is 2.18. The van der Waals surface area contributed by atoms with Crippen LogP contribution in [-0.4, -0.2) is 18.5 Å². The summed E-state index contributed by atoms with van der Waals surface area (Å²) in [6.07, 6.45) is 2.68. The smallest absolute Gasteiger partial charge is 0.387 e. The quantitative estimate of drug-likeness (QED) is 0.489. The molecule has 0 saturated carbocycles. The molecule has 0 unspecified atom stereocenters. The Morgan fingerprint density at radius 3 is 2.44 bits per heavy atom. The van der Waals surface area contributed by atoms with Gasteiger partial charge < -0.3 is 14.8 Å². The molecular weight excluding hydrogens is 332 g/mol. The van der Waals surface area contributed by atoms with Crippen LogP contribution in [0.3, 0.4) is 0 Å². The molecule has 0 spiro atoms. The number of ether oxygens (including phenoxy) is 2. The average molecular weight is 347 g/mol. The van der Waals surface area contributed by atoms with E-state index < -0.39 is 12.6 Å². The average Bonchev–Trinajstić information content (AvgIpc) is 2.53. The highest BCUT2D eigenvalue weighted by Gasteiger charge is 2.04. The van der Waals surface area contributed by atoms with Crippen molar-refractivity contribution >= 4 is 23.6 Å². The fraction of sp³-hybridized carbons (Fsp3) is 0.111. The molecule has 130 valence electrons. The first kappa shape index (κ1) is 18.1. The lowest BCUT2D eigenvalue weighted by Gasteiger charge is -2.05. The van der Waals surface area contributed by atoms with Crippen LogP contribution in [0.4, 0.5) is 14.5 Å². The predicted molar refractivity (Wildman–Crippen MR) is 88.5 cm³/mol. The third kappa shape index (κ3) is 6.42. The van der Waals surface area contributed by atoms with E-state index in [1.807, 2.05) is 0 Å². The van der Waals surface area contributed by atoms with Gasteiger partial charge in [-0.05, 0) is 35.9 Å². The first-order valence-corrected chi connectivity index (χ1v) is 7.25. The molecule has 7 heteroatoms. The Hall–Kier alpha value is -3.22. The van der Waals surface area contributed by atoms with Crippen molar-refractivity contribution in [2.45, 2.75) is 13.5 Å². The van der Waals surface area contributed by atoms with Gasteiger partial charge in [0.2, 0.25) is 5.91 Å². The van der Waals surface area contributed by atoms with Crippen LogP contribution in [0, 0.1) is 0 Å². The molecule has 5 nitrogen and oxygen atoms in total. The van der Waals surface area contributed by atoms with Gasteiger partial charge in [0, 0.05) is 24.8 Å². The largest absolute Gasteiger partial charge is 0.435 e. The number of hydrogen-bond acceptors (Lipinski definition) is 4. The van der Waals surface area contributed by atoms with Gasteiger partial charge in [-0.3, -0.25) is 4.79 Å². The van der Waals surface area contributed by atoms with E-state index in [1.165, 1.54) is 49.4 Å². The third-order valence-corrected chi connectivity index (χ3v) is 2.89. The number of nitrogens with one attached hydrogen (secondary N) is 1. The molecule has 0 aliphatic rings. The van der Waals surface area contributed by atoms with E-state index in [0.29, 0.717) is 11.3 Å². The monoisotopic (exact) mass is 347 g/mol. The van der Waals surface area contributed by atoms with Crippen LogP contribution < -0.4 is 14.8 Å². The number of rotatable bonds is 6. The van der Waals surface area contributed by atoms with E-state index >= 15 is 0 Å². The molecule has 2 aromatic carbocycles. The van der Waals surface area contributed by atoms with E-state index in [1.54, 1.807) is 18.2 Å². The summed E-state index contributed by atoms with van der Waals surface area (Å²) in [5, 5.41) is 2.58. The van der Waals surface area contributed by atoms with Gasteiger partial charge in [0.05, 0.1) is 0 Å². The van der Waals surface area contributed by atoms with E-state index in [9.17, 15) is 18.4 Å². The summed E-state index contributed by atoms with van der Waals surface area (Å²) in [6.45, 7) is -1.51. The lowest BCUT2D eigenvalue weighted by Crippen LogP contribution is -2.07. The Kier molecular flexibility index (Phi) is 6.22. The summed E-state index contributed by atoms with van der Waals surface area (Å²) in [6, 6.07) is 12.2. The summed E-state index contributed by atoms with van der Waals surface area (Å²) in [5.74, 6) is -0.540. The van der Waals surface area contributed by atoms with Gasteiger partial charge in [0.1, 0.15) is 11.5 Å². The number of hydrogen-bond donors (Lipinski definition) is 1. The zero-order valence-electron chi connectivity index (χ0n) is 13.2. The predicted octanol–water partition coefficient (Wildman–Crippen LogP) is 3.87. The van der Waals surface area contributed by atoms with Crippen LogP contribution in [0.2, 0.25) is 0 Å². The second-order valence-electron chi connectivity index (χ2n) is 4.91. The molecular formula is C18H15F2NO4. The van der Waals surface area contributed by atoms with Gasteiger partial charge >= 0.3 is 12.6 Å². The van der Waals surface area contributed by atoms with Crippen LogP contribution in [0.15, 0.2) is 54.6 Å². The van der Waals surface area contributed by atoms with Crippen LogP contribution >= 0.6 is 0 Å². The van der Waals surface area contributed by atoms with Gasteiger partial charge in [0.25, 0.3) is 0 Å². The first-order chi connectivity index (χ1) is 11.9. The molecule has 1 N–H and O–H groups in total. The van der Waals surface area contributed by atoms with E-state index in [2.05, 4.69) is 10.1 Å². The second-order valence-corrected chi connectivity index (χ2v) is 4.91. The first-order valence-electron chi connectivity index (χ1n) is 7.25. The highest BCUT2D eigenvalue weighted by molar-refractivity contribution is 5.90. The molecule has 0 bridgehead atoms. The summed E-state index contributed by atoms with van der Waals surface area (Å²) < 4.78 is 33.5. The molecule has 0 radical (unpaired) electrons. The van der Waals surface area contributed by atoms with Crippen molar-refractivity contribution in [2.75, 3.05) is 5.32 Å². The minimum atomic E-state index is -2.88. The number of carbonyl (C=O) groups excluding carboxylic acids is 2. The van der Waals surface area contributed by atoms with Crippen molar-refractivity contribution in [3.63, 3.8) is 0 Å². The maximum atomic E-state index is 12.1. The van der Waals surface area contributed by atoms with Crippen molar-refractivity contribution in [3.05, 3.63) is 60.2 Å². The lowest BCUT2D eigenvalue weighted by atomic mass is 10.2. The molecule has 2 rings (SSSR count). The van der Waals surface area contributed by atoms with E-state index in [4.69, 9.17) is 4.74 Å². The fourth-order valence-electron chi connectivity index (χ4n) is 1.92. The fourth-order valence-corrected chi connectivity index (χ4v) is 1.92. The van der Waals surface area contributed by atoms with Gasteiger partial charge in [0.15, 0.2) is 0 Å². The Morgan fingerprint density at radius 2 is 1.80 bits per heavy atom. The number of halogens is 2. The number of esters is 1. The lowest BCUT2D eigenvalue weighted by molar-refractivity contribution is -0.128. The van der Waals surface area contributed by atoms with Crippen molar-refractivity contribution in [1.29, 1.82) is 0 Å². The van der Waals surface area contributed by atoms with Gasteiger partial charge in [-0.2, -0.15) is 8.78 Å². The van der Waals surface area contributed by atoms with Crippen molar-refractivity contribution in [2.24, 2.45) is 0 Å². The van der Waals surface area contributed by atoms with E-state index in [-0.39, 0.29) is 17.4 Å². The van der Waals surface area contributed by atoms with Crippen molar-refractivity contribution in [3.8, 4) is 11.5 Å². The summed E-state index contributed by atoms with van der Waals surface area (Å²) >= 11 is 0. The summed E-state index contributed by atoms with van der Waals surface area (Å²) in [5.41, 5.74) is 1.13. The Morgan fingerprint density at radius 1 is 1.08 bits per heavy atom. The SMILES string of the molecule is CC(=O)Nc1cccc(OC(=O)/C=C/c2ccc(OC(F)F)cc2)c1. The molecule has 0 atom stereocenters. The molecule has 0 heterocycles. The zero-order chi connectivity index (χ0) is 18.2. The number of carbonyl (C=O) groups is 2. The summed E-state index contributed by atoms with van der Waals surface area (Å²) in [4.78, 5) is 22.8. The number of amides is 1. The minimum absolute atomic E-state index is 0.0320. The van der Waals surface area contributed by atoms with Crippen LogP contribution in [0.1, 0.15) is 12.5 Å². The van der Waals surface area contributed by atoms with Gasteiger partial charge in [-0.15, -0.1) is 0 Å². The van der Waals surface area contributed by atoms with Crippen molar-refractivity contribution in [1.82, 2.24) is 0 Å².